The van der Waals surface area contributed by atoms with Crippen LogP contribution < -0.4 is 21.2 Å². The molecule has 3 rings (SSSR count). The van der Waals surface area contributed by atoms with E-state index in [1.165, 1.54) is 23.4 Å². The van der Waals surface area contributed by atoms with Gasteiger partial charge in [-0.1, -0.05) is 23.9 Å². The molecule has 0 spiro atoms. The zero-order valence-corrected chi connectivity index (χ0v) is 18.3. The molecule has 0 atom stereocenters. The van der Waals surface area contributed by atoms with Crippen molar-refractivity contribution >= 4 is 35.0 Å². The van der Waals surface area contributed by atoms with E-state index in [0.29, 0.717) is 28.1 Å². The summed E-state index contributed by atoms with van der Waals surface area (Å²) in [6.07, 6.45) is 0.0530. The van der Waals surface area contributed by atoms with Crippen molar-refractivity contribution in [3.63, 3.8) is 0 Å². The number of hydrogen-bond donors (Lipinski definition) is 3. The molecule has 0 unspecified atom stereocenters. The Morgan fingerprint density at radius 2 is 1.77 bits per heavy atom. The second-order valence-electron chi connectivity index (χ2n) is 6.97. The molecule has 0 saturated heterocycles. The first-order valence-electron chi connectivity index (χ1n) is 9.59. The Morgan fingerprint density at radius 1 is 1.10 bits per heavy atom. The van der Waals surface area contributed by atoms with Gasteiger partial charge < -0.3 is 21.2 Å². The van der Waals surface area contributed by atoms with Crippen molar-refractivity contribution in [1.29, 1.82) is 0 Å². The number of rotatable bonds is 8. The Morgan fingerprint density at radius 3 is 2.42 bits per heavy atom. The van der Waals surface area contributed by atoms with Gasteiger partial charge >= 0.3 is 0 Å². The van der Waals surface area contributed by atoms with Gasteiger partial charge in [0.05, 0.1) is 11.9 Å². The molecule has 1 aromatic heterocycles. The number of carbonyl (C=O) groups is 2. The molecule has 2 aromatic carbocycles. The standard InChI is InChI=1S/C21H24N6O3S/c1-13(2)30-18-6-4-5-15(11-18)20-25-26-21(27(20)22)31-12-19(29)24-17-9-7-16(8-10-17)23-14(3)28/h4-11,13H,12,22H2,1-3H3,(H,23,28)(H,24,29). The van der Waals surface area contributed by atoms with Gasteiger partial charge in [0.25, 0.3) is 0 Å². The first-order valence-corrected chi connectivity index (χ1v) is 10.6. The molecule has 0 aliphatic heterocycles. The second-order valence-corrected chi connectivity index (χ2v) is 7.91. The zero-order chi connectivity index (χ0) is 22.4. The highest BCUT2D eigenvalue weighted by Gasteiger charge is 2.15. The summed E-state index contributed by atoms with van der Waals surface area (Å²) in [5.74, 6) is 7.08. The minimum absolute atomic E-state index is 0.0530. The van der Waals surface area contributed by atoms with Crippen molar-refractivity contribution in [2.75, 3.05) is 22.2 Å². The lowest BCUT2D eigenvalue weighted by Crippen LogP contribution is -2.16. The van der Waals surface area contributed by atoms with Gasteiger partial charge in [0.1, 0.15) is 5.75 Å². The Bertz CT molecular complexity index is 1070. The number of nitrogens with two attached hydrogens (primary N) is 1. The summed E-state index contributed by atoms with van der Waals surface area (Å²) in [6, 6.07) is 14.3. The number of hydrogen-bond acceptors (Lipinski definition) is 7. The Labute approximate surface area is 184 Å². The van der Waals surface area contributed by atoms with Crippen molar-refractivity contribution in [2.45, 2.75) is 32.0 Å². The van der Waals surface area contributed by atoms with Crippen molar-refractivity contribution < 1.29 is 14.3 Å². The fraction of sp³-hybridized carbons (Fsp3) is 0.238. The van der Waals surface area contributed by atoms with Crippen molar-refractivity contribution in [3.8, 4) is 17.1 Å². The van der Waals surface area contributed by atoms with Crippen LogP contribution in [0, 0.1) is 0 Å². The van der Waals surface area contributed by atoms with E-state index < -0.39 is 0 Å². The molecule has 4 N–H and O–H groups in total. The molecule has 10 heteroatoms. The number of nitrogens with one attached hydrogen (secondary N) is 2. The van der Waals surface area contributed by atoms with E-state index in [2.05, 4.69) is 20.8 Å². The van der Waals surface area contributed by atoms with Crippen molar-refractivity contribution in [1.82, 2.24) is 14.9 Å². The first-order chi connectivity index (χ1) is 14.8. The number of carbonyl (C=O) groups excluding carboxylic acids is 2. The molecule has 9 nitrogen and oxygen atoms in total. The third kappa shape index (κ3) is 6.22. The molecular weight excluding hydrogens is 416 g/mol. The summed E-state index contributed by atoms with van der Waals surface area (Å²) in [4.78, 5) is 23.3. The number of amides is 2. The predicted octanol–water partition coefficient (Wildman–Crippen LogP) is 3.14. The predicted molar refractivity (Wildman–Crippen MR) is 121 cm³/mol. The van der Waals surface area contributed by atoms with E-state index in [-0.39, 0.29) is 23.7 Å². The molecular formula is C21H24N6O3S. The summed E-state index contributed by atoms with van der Waals surface area (Å²) in [7, 11) is 0. The molecule has 0 bridgehead atoms. The number of anilines is 2. The molecule has 0 saturated carbocycles. The van der Waals surface area contributed by atoms with E-state index in [4.69, 9.17) is 10.6 Å². The first kappa shape index (κ1) is 22.2. The molecule has 0 aliphatic rings. The quantitative estimate of drug-likeness (QED) is 0.363. The Kier molecular flexibility index (Phi) is 7.14. The van der Waals surface area contributed by atoms with Gasteiger partial charge in [-0.15, -0.1) is 10.2 Å². The van der Waals surface area contributed by atoms with Crippen LogP contribution in [-0.2, 0) is 9.59 Å². The van der Waals surface area contributed by atoms with Crippen LogP contribution in [0.1, 0.15) is 20.8 Å². The topological polar surface area (TPSA) is 124 Å². The van der Waals surface area contributed by atoms with Gasteiger partial charge in [0.15, 0.2) is 5.82 Å². The number of benzene rings is 2. The molecule has 1 heterocycles. The van der Waals surface area contributed by atoms with Crippen LogP contribution in [0.3, 0.4) is 0 Å². The van der Waals surface area contributed by atoms with Gasteiger partial charge in [-0.05, 0) is 50.2 Å². The lowest BCUT2D eigenvalue weighted by atomic mass is 10.2. The second kappa shape index (κ2) is 9.98. The third-order valence-corrected chi connectivity index (χ3v) is 4.89. The normalized spacial score (nSPS) is 10.7. The average molecular weight is 441 g/mol. The summed E-state index contributed by atoms with van der Waals surface area (Å²) in [5, 5.41) is 14.1. The highest BCUT2D eigenvalue weighted by molar-refractivity contribution is 7.99. The number of ether oxygens (including phenoxy) is 1. The summed E-state index contributed by atoms with van der Waals surface area (Å²) >= 11 is 1.18. The SMILES string of the molecule is CC(=O)Nc1ccc(NC(=O)CSc2nnc(-c3cccc(OC(C)C)c3)n2N)cc1. The molecule has 162 valence electrons. The van der Waals surface area contributed by atoms with Gasteiger partial charge in [-0.2, -0.15) is 0 Å². The summed E-state index contributed by atoms with van der Waals surface area (Å²) in [6.45, 7) is 5.34. The van der Waals surface area contributed by atoms with Crippen LogP contribution in [0.25, 0.3) is 11.4 Å². The van der Waals surface area contributed by atoms with Crippen LogP contribution in [0.15, 0.2) is 53.7 Å². The molecule has 0 fully saturated rings. The van der Waals surface area contributed by atoms with Gasteiger partial charge in [0, 0.05) is 23.9 Å². The van der Waals surface area contributed by atoms with E-state index in [1.54, 1.807) is 24.3 Å². The Hall–Kier alpha value is -3.53. The van der Waals surface area contributed by atoms with E-state index in [0.717, 1.165) is 5.56 Å². The van der Waals surface area contributed by atoms with Crippen LogP contribution in [0.5, 0.6) is 5.75 Å². The minimum atomic E-state index is -0.214. The molecule has 0 radical (unpaired) electrons. The van der Waals surface area contributed by atoms with Crippen LogP contribution >= 0.6 is 11.8 Å². The zero-order valence-electron chi connectivity index (χ0n) is 17.5. The van der Waals surface area contributed by atoms with Gasteiger partial charge in [-0.25, -0.2) is 4.68 Å². The Balaban J connectivity index is 1.59. The van der Waals surface area contributed by atoms with Gasteiger partial charge in [0.2, 0.25) is 17.0 Å². The number of nitrogens with zero attached hydrogens (tertiary/aromatic N) is 3. The van der Waals surface area contributed by atoms with Crippen molar-refractivity contribution in [3.05, 3.63) is 48.5 Å². The lowest BCUT2D eigenvalue weighted by molar-refractivity contribution is -0.114. The lowest BCUT2D eigenvalue weighted by Gasteiger charge is -2.10. The summed E-state index contributed by atoms with van der Waals surface area (Å²) in [5.41, 5.74) is 2.05. The van der Waals surface area contributed by atoms with E-state index >= 15 is 0 Å². The minimum Gasteiger partial charge on any atom is -0.491 e. The smallest absolute Gasteiger partial charge is 0.234 e. The van der Waals surface area contributed by atoms with Gasteiger partial charge in [-0.3, -0.25) is 9.59 Å². The van der Waals surface area contributed by atoms with Crippen LogP contribution in [0.2, 0.25) is 0 Å². The highest BCUT2D eigenvalue weighted by Crippen LogP contribution is 2.25. The molecule has 3 aromatic rings. The third-order valence-electron chi connectivity index (χ3n) is 3.95. The number of aromatic nitrogens is 3. The molecule has 31 heavy (non-hydrogen) atoms. The molecule has 2 amide bonds. The molecule has 0 aliphatic carbocycles. The van der Waals surface area contributed by atoms with E-state index in [1.807, 2.05) is 38.1 Å². The summed E-state index contributed by atoms with van der Waals surface area (Å²) < 4.78 is 7.06. The maximum atomic E-state index is 12.3. The number of thioether (sulfide) groups is 1. The number of nitrogen functional groups attached to an aromatic ring is 1. The van der Waals surface area contributed by atoms with Crippen LogP contribution in [0.4, 0.5) is 11.4 Å². The van der Waals surface area contributed by atoms with Crippen LogP contribution in [-0.4, -0.2) is 38.5 Å². The fourth-order valence-corrected chi connectivity index (χ4v) is 3.38. The maximum absolute atomic E-state index is 12.3. The fourth-order valence-electron chi connectivity index (χ4n) is 2.72. The van der Waals surface area contributed by atoms with Crippen molar-refractivity contribution in [2.24, 2.45) is 0 Å². The van der Waals surface area contributed by atoms with E-state index in [9.17, 15) is 9.59 Å². The monoisotopic (exact) mass is 440 g/mol. The maximum Gasteiger partial charge on any atom is 0.234 e. The highest BCUT2D eigenvalue weighted by atomic mass is 32.2. The largest absolute Gasteiger partial charge is 0.491 e. The average Bonchev–Trinajstić information content (AvgIpc) is 3.08.